The third-order valence-electron chi connectivity index (χ3n) is 4.12. The number of nitrogens with one attached hydrogen (secondary N) is 1. The second kappa shape index (κ2) is 7.73. The summed E-state index contributed by atoms with van der Waals surface area (Å²) in [4.78, 5) is 14.2. The highest BCUT2D eigenvalue weighted by Gasteiger charge is 2.31. The molecule has 2 aliphatic heterocycles. The van der Waals surface area contributed by atoms with Gasteiger partial charge < -0.3 is 15.0 Å². The number of halogens is 3. The summed E-state index contributed by atoms with van der Waals surface area (Å²) in [5, 5.41) is 4.56. The Balaban J connectivity index is 0.00000176. The molecule has 1 N–H and O–H groups in total. The monoisotopic (exact) mass is 364 g/mol. The predicted molar refractivity (Wildman–Crippen MR) is 90.3 cm³/mol. The number of carbonyl (C=O) groups is 1. The molecule has 0 saturated carbocycles. The number of carbonyl (C=O) groups excluding carboxylic acids is 1. The highest BCUT2D eigenvalue weighted by atomic mass is 35.5. The Morgan fingerprint density at radius 1 is 1.27 bits per heavy atom. The van der Waals surface area contributed by atoms with Crippen molar-refractivity contribution in [1.82, 2.24) is 10.2 Å². The van der Waals surface area contributed by atoms with Crippen molar-refractivity contribution in [1.29, 1.82) is 0 Å². The highest BCUT2D eigenvalue weighted by Crippen LogP contribution is 2.28. The van der Waals surface area contributed by atoms with Crippen LogP contribution in [0.2, 0.25) is 10.0 Å². The highest BCUT2D eigenvalue weighted by molar-refractivity contribution is 6.34. The molecule has 3 rings (SSSR count). The molecular weight excluding hydrogens is 347 g/mol. The molecule has 1 aromatic carbocycles. The number of likely N-dealkylation sites (tertiary alicyclic amines) is 1. The van der Waals surface area contributed by atoms with Gasteiger partial charge in [-0.1, -0.05) is 23.2 Å². The number of fused-ring (bicyclic) bond motifs is 2. The SMILES string of the molecule is Cl.O=C(COc1cc(Cl)ccc1Cl)N1CCC2CCC(C1)N2. The lowest BCUT2D eigenvalue weighted by atomic mass is 10.1. The van der Waals surface area contributed by atoms with Crippen LogP contribution in [0.25, 0.3) is 0 Å². The van der Waals surface area contributed by atoms with Gasteiger partial charge in [-0.2, -0.15) is 0 Å². The van der Waals surface area contributed by atoms with Crippen molar-refractivity contribution in [2.75, 3.05) is 19.7 Å². The molecule has 2 bridgehead atoms. The van der Waals surface area contributed by atoms with Crippen LogP contribution < -0.4 is 10.1 Å². The van der Waals surface area contributed by atoms with E-state index in [2.05, 4.69) is 5.32 Å². The van der Waals surface area contributed by atoms with Gasteiger partial charge in [-0.3, -0.25) is 4.79 Å². The van der Waals surface area contributed by atoms with Crippen LogP contribution in [0.15, 0.2) is 18.2 Å². The molecule has 2 unspecified atom stereocenters. The summed E-state index contributed by atoms with van der Waals surface area (Å²) < 4.78 is 5.53. The minimum atomic E-state index is -0.00253. The minimum absolute atomic E-state index is 0. The first kappa shape index (κ1) is 17.7. The van der Waals surface area contributed by atoms with E-state index in [0.29, 0.717) is 27.9 Å². The molecular formula is C15H19Cl3N2O2. The van der Waals surface area contributed by atoms with Crippen molar-refractivity contribution >= 4 is 41.5 Å². The number of ether oxygens (including phenoxy) is 1. The Bertz CT molecular complexity index is 542. The third kappa shape index (κ3) is 4.19. The quantitative estimate of drug-likeness (QED) is 0.894. The van der Waals surface area contributed by atoms with Crippen LogP contribution in [0.5, 0.6) is 5.75 Å². The fraction of sp³-hybridized carbons (Fsp3) is 0.533. The number of benzene rings is 1. The van der Waals surface area contributed by atoms with Crippen molar-refractivity contribution in [2.24, 2.45) is 0 Å². The van der Waals surface area contributed by atoms with Crippen LogP contribution in [0.1, 0.15) is 19.3 Å². The van der Waals surface area contributed by atoms with E-state index in [1.165, 1.54) is 6.42 Å². The average molecular weight is 366 g/mol. The van der Waals surface area contributed by atoms with Crippen LogP contribution in [0.4, 0.5) is 0 Å². The van der Waals surface area contributed by atoms with Crippen LogP contribution in [0, 0.1) is 0 Å². The van der Waals surface area contributed by atoms with Gasteiger partial charge in [0, 0.05) is 36.3 Å². The minimum Gasteiger partial charge on any atom is -0.482 e. The summed E-state index contributed by atoms with van der Waals surface area (Å²) in [7, 11) is 0. The zero-order valence-electron chi connectivity index (χ0n) is 12.1. The van der Waals surface area contributed by atoms with Gasteiger partial charge in [0.2, 0.25) is 0 Å². The Hall–Kier alpha value is -0.680. The lowest BCUT2D eigenvalue weighted by molar-refractivity contribution is -0.133. The summed E-state index contributed by atoms with van der Waals surface area (Å²) in [6.45, 7) is 1.55. The average Bonchev–Trinajstić information content (AvgIpc) is 2.79. The zero-order chi connectivity index (χ0) is 14.8. The topological polar surface area (TPSA) is 41.6 Å². The molecule has 0 aliphatic carbocycles. The molecule has 2 atom stereocenters. The van der Waals surface area contributed by atoms with Crippen molar-refractivity contribution in [3.8, 4) is 5.75 Å². The van der Waals surface area contributed by atoms with Crippen LogP contribution in [-0.2, 0) is 4.79 Å². The molecule has 4 nitrogen and oxygen atoms in total. The number of amides is 1. The van der Waals surface area contributed by atoms with Gasteiger partial charge in [-0.15, -0.1) is 12.4 Å². The van der Waals surface area contributed by atoms with E-state index in [0.717, 1.165) is 25.9 Å². The largest absolute Gasteiger partial charge is 0.482 e. The van der Waals surface area contributed by atoms with Gasteiger partial charge in [-0.25, -0.2) is 0 Å². The smallest absolute Gasteiger partial charge is 0.260 e. The zero-order valence-corrected chi connectivity index (χ0v) is 14.4. The number of rotatable bonds is 3. The van der Waals surface area contributed by atoms with Gasteiger partial charge in [0.1, 0.15) is 5.75 Å². The molecule has 2 heterocycles. The molecule has 22 heavy (non-hydrogen) atoms. The summed E-state index contributed by atoms with van der Waals surface area (Å²) in [6, 6.07) is 5.98. The van der Waals surface area contributed by atoms with Gasteiger partial charge in [0.15, 0.2) is 6.61 Å². The molecule has 1 amide bonds. The first-order valence-corrected chi connectivity index (χ1v) is 7.99. The van der Waals surface area contributed by atoms with Gasteiger partial charge >= 0.3 is 0 Å². The summed E-state index contributed by atoms with van der Waals surface area (Å²) in [5.41, 5.74) is 0. The molecule has 0 spiro atoms. The van der Waals surface area contributed by atoms with E-state index in [1.807, 2.05) is 4.90 Å². The van der Waals surface area contributed by atoms with E-state index >= 15 is 0 Å². The van der Waals surface area contributed by atoms with Gasteiger partial charge in [0.05, 0.1) is 5.02 Å². The standard InChI is InChI=1S/C15H18Cl2N2O2.ClH/c16-10-1-4-13(17)14(7-10)21-9-15(20)19-6-5-11-2-3-12(8-19)18-11;/h1,4,7,11-12,18H,2-3,5-6,8-9H2;1H. The molecule has 0 aromatic heterocycles. The van der Waals surface area contributed by atoms with E-state index in [-0.39, 0.29) is 24.9 Å². The van der Waals surface area contributed by atoms with Crippen molar-refractivity contribution in [3.63, 3.8) is 0 Å². The van der Waals surface area contributed by atoms with Crippen molar-refractivity contribution in [2.45, 2.75) is 31.3 Å². The lowest BCUT2D eigenvalue weighted by Crippen LogP contribution is -2.41. The van der Waals surface area contributed by atoms with E-state index in [1.54, 1.807) is 18.2 Å². The van der Waals surface area contributed by atoms with Crippen molar-refractivity contribution in [3.05, 3.63) is 28.2 Å². The molecule has 122 valence electrons. The maximum Gasteiger partial charge on any atom is 0.260 e. The number of hydrogen-bond acceptors (Lipinski definition) is 3. The van der Waals surface area contributed by atoms with Gasteiger partial charge in [0.25, 0.3) is 5.91 Å². The molecule has 2 aliphatic rings. The van der Waals surface area contributed by atoms with E-state index in [4.69, 9.17) is 27.9 Å². The maximum absolute atomic E-state index is 12.3. The first-order valence-electron chi connectivity index (χ1n) is 7.23. The normalized spacial score (nSPS) is 23.6. The Morgan fingerprint density at radius 3 is 2.86 bits per heavy atom. The second-order valence-electron chi connectivity index (χ2n) is 5.63. The Labute approximate surface area is 146 Å². The molecule has 0 radical (unpaired) electrons. The molecule has 7 heteroatoms. The summed E-state index contributed by atoms with van der Waals surface area (Å²) in [6.07, 6.45) is 3.39. The summed E-state index contributed by atoms with van der Waals surface area (Å²) in [5.74, 6) is 0.451. The van der Waals surface area contributed by atoms with E-state index in [9.17, 15) is 4.79 Å². The number of hydrogen-bond donors (Lipinski definition) is 1. The molecule has 1 aromatic rings. The van der Waals surface area contributed by atoms with Crippen LogP contribution >= 0.6 is 35.6 Å². The Kier molecular flexibility index (Phi) is 6.21. The fourth-order valence-electron chi connectivity index (χ4n) is 2.99. The van der Waals surface area contributed by atoms with E-state index < -0.39 is 0 Å². The lowest BCUT2D eigenvalue weighted by Gasteiger charge is -2.24. The fourth-order valence-corrected chi connectivity index (χ4v) is 3.32. The second-order valence-corrected chi connectivity index (χ2v) is 6.47. The summed E-state index contributed by atoms with van der Waals surface area (Å²) >= 11 is 11.9. The number of nitrogens with zero attached hydrogens (tertiary/aromatic N) is 1. The van der Waals surface area contributed by atoms with Gasteiger partial charge in [-0.05, 0) is 31.4 Å². The van der Waals surface area contributed by atoms with Crippen LogP contribution in [0.3, 0.4) is 0 Å². The molecule has 2 fully saturated rings. The predicted octanol–water partition coefficient (Wildman–Crippen LogP) is 3.15. The first-order chi connectivity index (χ1) is 10.1. The molecule has 2 saturated heterocycles. The van der Waals surface area contributed by atoms with Crippen molar-refractivity contribution < 1.29 is 9.53 Å². The maximum atomic E-state index is 12.3. The Morgan fingerprint density at radius 2 is 2.05 bits per heavy atom. The van der Waals surface area contributed by atoms with Crippen LogP contribution in [-0.4, -0.2) is 42.6 Å². The third-order valence-corrected chi connectivity index (χ3v) is 4.67.